The number of carbonyl (C=O) groups is 2. The lowest BCUT2D eigenvalue weighted by atomic mass is 10.2. The summed E-state index contributed by atoms with van der Waals surface area (Å²) in [4.78, 5) is 39.3. The summed E-state index contributed by atoms with van der Waals surface area (Å²) in [7, 11) is 3.85. The summed E-state index contributed by atoms with van der Waals surface area (Å²) in [6.45, 7) is 0.673. The number of anilines is 6. The van der Waals surface area contributed by atoms with E-state index in [1.54, 1.807) is 54.9 Å². The average molecular weight is 509 g/mol. The Morgan fingerprint density at radius 3 is 2.24 bits per heavy atom. The summed E-state index contributed by atoms with van der Waals surface area (Å²) in [5.74, 6) is 0.709. The molecule has 0 unspecified atom stereocenters. The second-order valence-electron chi connectivity index (χ2n) is 8.55. The Kier molecular flexibility index (Phi) is 8.72. The van der Waals surface area contributed by atoms with Crippen molar-refractivity contribution in [3.8, 4) is 0 Å². The minimum Gasteiger partial charge on any atom is -0.340 e. The van der Waals surface area contributed by atoms with Crippen molar-refractivity contribution in [1.82, 2.24) is 19.9 Å². The van der Waals surface area contributed by atoms with Crippen LogP contribution in [0.15, 0.2) is 97.6 Å². The first-order valence-corrected chi connectivity index (χ1v) is 11.8. The van der Waals surface area contributed by atoms with E-state index in [9.17, 15) is 9.59 Å². The molecule has 0 aliphatic rings. The van der Waals surface area contributed by atoms with Crippen LogP contribution in [-0.4, -0.2) is 52.3 Å². The van der Waals surface area contributed by atoms with Crippen LogP contribution in [0, 0.1) is 0 Å². The van der Waals surface area contributed by atoms with Gasteiger partial charge < -0.3 is 26.2 Å². The van der Waals surface area contributed by atoms with Gasteiger partial charge in [0, 0.05) is 47.5 Å². The van der Waals surface area contributed by atoms with Gasteiger partial charge in [0.05, 0.1) is 11.9 Å². The first-order valence-electron chi connectivity index (χ1n) is 11.8. The molecule has 0 saturated carbocycles. The number of likely N-dealkylation sites (N-methyl/N-ethyl adjacent to an activating group) is 1. The molecule has 4 rings (SSSR count). The third-order valence-electron chi connectivity index (χ3n) is 5.15. The summed E-state index contributed by atoms with van der Waals surface area (Å²) < 4.78 is 0. The third-order valence-corrected chi connectivity index (χ3v) is 5.15. The van der Waals surface area contributed by atoms with Crippen molar-refractivity contribution in [2.45, 2.75) is 0 Å². The SMILES string of the molecule is CN(C)C/C=C/C(=O)Nc1ccc(C(=O)Nc2cccc(Nc3cc(Nc4cccnc4)ncn3)c2)cc1. The van der Waals surface area contributed by atoms with Gasteiger partial charge in [-0.1, -0.05) is 12.1 Å². The molecule has 2 aromatic heterocycles. The molecule has 2 amide bonds. The lowest BCUT2D eigenvalue weighted by Gasteiger charge is -2.11. The Labute approximate surface area is 220 Å². The van der Waals surface area contributed by atoms with Crippen LogP contribution in [0.4, 0.5) is 34.4 Å². The van der Waals surface area contributed by atoms with Crippen LogP contribution < -0.4 is 21.3 Å². The minimum atomic E-state index is -0.268. The largest absolute Gasteiger partial charge is 0.340 e. The van der Waals surface area contributed by atoms with Crippen molar-refractivity contribution in [2.75, 3.05) is 41.9 Å². The topological polar surface area (TPSA) is 124 Å². The van der Waals surface area contributed by atoms with E-state index in [1.165, 1.54) is 12.4 Å². The van der Waals surface area contributed by atoms with Gasteiger partial charge in [0.25, 0.3) is 5.91 Å². The van der Waals surface area contributed by atoms with Gasteiger partial charge in [-0.25, -0.2) is 9.97 Å². The molecule has 0 aliphatic heterocycles. The number of hydrogen-bond acceptors (Lipinski definition) is 8. The number of hydrogen-bond donors (Lipinski definition) is 4. The van der Waals surface area contributed by atoms with Crippen molar-refractivity contribution in [3.05, 3.63) is 103 Å². The molecule has 4 N–H and O–H groups in total. The Morgan fingerprint density at radius 1 is 0.816 bits per heavy atom. The number of amides is 2. The maximum absolute atomic E-state index is 12.8. The fraction of sp³-hybridized carbons (Fsp3) is 0.107. The van der Waals surface area contributed by atoms with E-state index in [0.717, 1.165) is 11.4 Å². The van der Waals surface area contributed by atoms with Crippen molar-refractivity contribution in [1.29, 1.82) is 0 Å². The first-order chi connectivity index (χ1) is 18.4. The van der Waals surface area contributed by atoms with Gasteiger partial charge >= 0.3 is 0 Å². The second kappa shape index (κ2) is 12.7. The Morgan fingerprint density at radius 2 is 1.53 bits per heavy atom. The van der Waals surface area contributed by atoms with Gasteiger partial charge in [-0.2, -0.15) is 0 Å². The van der Waals surface area contributed by atoms with Crippen molar-refractivity contribution in [3.63, 3.8) is 0 Å². The highest BCUT2D eigenvalue weighted by Gasteiger charge is 2.08. The van der Waals surface area contributed by atoms with Crippen LogP contribution in [0.5, 0.6) is 0 Å². The van der Waals surface area contributed by atoms with Gasteiger partial charge in [0.15, 0.2) is 0 Å². The molecule has 10 nitrogen and oxygen atoms in total. The molecule has 10 heteroatoms. The molecule has 2 aromatic carbocycles. The molecule has 0 bridgehead atoms. The molecule has 38 heavy (non-hydrogen) atoms. The molecule has 0 radical (unpaired) electrons. The molecule has 0 spiro atoms. The van der Waals surface area contributed by atoms with Gasteiger partial charge in [-0.05, 0) is 68.7 Å². The predicted octanol–water partition coefficient (Wildman–Crippen LogP) is 4.67. The Balaban J connectivity index is 1.34. The molecular weight excluding hydrogens is 480 g/mol. The van der Waals surface area contributed by atoms with Crippen molar-refractivity contribution in [2.24, 2.45) is 0 Å². The quantitative estimate of drug-likeness (QED) is 0.228. The van der Waals surface area contributed by atoms with E-state index < -0.39 is 0 Å². The van der Waals surface area contributed by atoms with Crippen LogP contribution in [-0.2, 0) is 4.79 Å². The Hall–Kier alpha value is -5.09. The van der Waals surface area contributed by atoms with Crippen LogP contribution in [0.25, 0.3) is 0 Å². The lowest BCUT2D eigenvalue weighted by molar-refractivity contribution is -0.111. The minimum absolute atomic E-state index is 0.225. The van der Waals surface area contributed by atoms with E-state index in [-0.39, 0.29) is 11.8 Å². The lowest BCUT2D eigenvalue weighted by Crippen LogP contribution is -2.13. The molecule has 0 aliphatic carbocycles. The zero-order valence-corrected chi connectivity index (χ0v) is 21.1. The summed E-state index contributed by atoms with van der Waals surface area (Å²) in [6, 6.07) is 19.5. The maximum atomic E-state index is 12.8. The van der Waals surface area contributed by atoms with Crippen LogP contribution in [0.3, 0.4) is 0 Å². The number of rotatable bonds is 10. The average Bonchev–Trinajstić information content (AvgIpc) is 2.90. The number of aromatic nitrogens is 3. The maximum Gasteiger partial charge on any atom is 0.255 e. The highest BCUT2D eigenvalue weighted by atomic mass is 16.2. The number of nitrogens with one attached hydrogen (secondary N) is 4. The van der Waals surface area contributed by atoms with Gasteiger partial charge in [0.2, 0.25) is 5.91 Å². The number of carbonyl (C=O) groups excluding carboxylic acids is 2. The van der Waals surface area contributed by atoms with E-state index in [4.69, 9.17) is 0 Å². The molecule has 0 atom stereocenters. The number of nitrogens with zero attached hydrogens (tertiary/aromatic N) is 4. The monoisotopic (exact) mass is 508 g/mol. The fourth-order valence-electron chi connectivity index (χ4n) is 3.36. The molecular formula is C28H28N8O2. The second-order valence-corrected chi connectivity index (χ2v) is 8.55. The van der Waals surface area contributed by atoms with Gasteiger partial charge in [0.1, 0.15) is 18.0 Å². The molecule has 0 fully saturated rings. The Bertz CT molecular complexity index is 1410. The number of pyridine rings is 1. The molecule has 0 saturated heterocycles. The van der Waals surface area contributed by atoms with E-state index >= 15 is 0 Å². The highest BCUT2D eigenvalue weighted by molar-refractivity contribution is 6.05. The summed E-state index contributed by atoms with van der Waals surface area (Å²) in [6.07, 6.45) is 8.13. The standard InChI is InChI=1S/C28H28N8O2/c1-36(2)15-5-9-27(37)34-21-12-10-20(11-13-21)28(38)35-23-7-3-6-22(16-23)32-25-17-26(31-19-30-25)33-24-8-4-14-29-18-24/h3-14,16-19H,15H2,1-2H3,(H,34,37)(H,35,38)(H2,30,31,32,33)/b9-5+. The molecule has 4 aromatic rings. The third kappa shape index (κ3) is 7.97. The van der Waals surface area contributed by atoms with E-state index in [0.29, 0.717) is 35.1 Å². The summed E-state index contributed by atoms with van der Waals surface area (Å²) in [5, 5.41) is 12.1. The number of benzene rings is 2. The summed E-state index contributed by atoms with van der Waals surface area (Å²) >= 11 is 0. The fourth-order valence-corrected chi connectivity index (χ4v) is 3.36. The van der Waals surface area contributed by atoms with Crippen LogP contribution in [0.2, 0.25) is 0 Å². The van der Waals surface area contributed by atoms with Gasteiger partial charge in [-0.3, -0.25) is 14.6 Å². The van der Waals surface area contributed by atoms with E-state index in [2.05, 4.69) is 36.2 Å². The summed E-state index contributed by atoms with van der Waals surface area (Å²) in [5.41, 5.74) is 3.25. The smallest absolute Gasteiger partial charge is 0.255 e. The van der Waals surface area contributed by atoms with Crippen molar-refractivity contribution >= 4 is 46.2 Å². The van der Waals surface area contributed by atoms with E-state index in [1.807, 2.05) is 49.3 Å². The van der Waals surface area contributed by atoms with Crippen LogP contribution >= 0.6 is 0 Å². The highest BCUT2D eigenvalue weighted by Crippen LogP contribution is 2.22. The predicted molar refractivity (Wildman–Crippen MR) is 150 cm³/mol. The molecule has 192 valence electrons. The zero-order valence-electron chi connectivity index (χ0n) is 21.1. The van der Waals surface area contributed by atoms with Gasteiger partial charge in [-0.15, -0.1) is 0 Å². The van der Waals surface area contributed by atoms with Crippen LogP contribution in [0.1, 0.15) is 10.4 Å². The molecule has 2 heterocycles. The normalized spacial score (nSPS) is 10.8. The first kappa shape index (κ1) is 26.0. The van der Waals surface area contributed by atoms with Crippen molar-refractivity contribution < 1.29 is 9.59 Å². The zero-order chi connectivity index (χ0) is 26.7.